The minimum atomic E-state index is 0.886. The van der Waals surface area contributed by atoms with E-state index >= 15 is 0 Å². The van der Waals surface area contributed by atoms with E-state index in [9.17, 15) is 0 Å². The molecule has 0 spiro atoms. The van der Waals surface area contributed by atoms with E-state index in [-0.39, 0.29) is 0 Å². The maximum absolute atomic E-state index is 5.50. The van der Waals surface area contributed by atoms with Crippen LogP contribution in [-0.4, -0.2) is 6.54 Å². The summed E-state index contributed by atoms with van der Waals surface area (Å²) in [6.45, 7) is 3.25. The Morgan fingerprint density at radius 3 is 2.80 bits per heavy atom. The second-order valence-corrected chi connectivity index (χ2v) is 3.72. The van der Waals surface area contributed by atoms with Gasteiger partial charge in [0, 0.05) is 0 Å². The molecule has 0 aromatic heterocycles. The monoisotopic (exact) mass is 141 g/mol. The van der Waals surface area contributed by atoms with Crippen molar-refractivity contribution in [3.8, 4) is 0 Å². The van der Waals surface area contributed by atoms with Crippen molar-refractivity contribution in [1.29, 1.82) is 0 Å². The van der Waals surface area contributed by atoms with Gasteiger partial charge in [0.15, 0.2) is 0 Å². The van der Waals surface area contributed by atoms with E-state index in [0.29, 0.717) is 0 Å². The molecule has 0 amide bonds. The van der Waals surface area contributed by atoms with Crippen LogP contribution in [0.5, 0.6) is 0 Å². The SMILES string of the molecule is C[C@@H]1CCC[C@@H](CCN)C1. The minimum Gasteiger partial charge on any atom is -0.330 e. The summed E-state index contributed by atoms with van der Waals surface area (Å²) < 4.78 is 0. The van der Waals surface area contributed by atoms with Crippen LogP contribution >= 0.6 is 0 Å². The van der Waals surface area contributed by atoms with Crippen LogP contribution in [0.15, 0.2) is 0 Å². The average Bonchev–Trinajstić information content (AvgIpc) is 1.88. The standard InChI is InChI=1S/C9H19N/c1-8-3-2-4-9(7-8)5-6-10/h8-9H,2-7,10H2,1H3/t8-,9+/m1/s1. The lowest BCUT2D eigenvalue weighted by atomic mass is 9.81. The molecule has 0 aliphatic heterocycles. The number of rotatable bonds is 2. The largest absolute Gasteiger partial charge is 0.330 e. The zero-order valence-electron chi connectivity index (χ0n) is 6.97. The lowest BCUT2D eigenvalue weighted by Crippen LogP contribution is -2.16. The van der Waals surface area contributed by atoms with Gasteiger partial charge in [-0.1, -0.05) is 26.2 Å². The first-order valence-electron chi connectivity index (χ1n) is 4.53. The third-order valence-corrected chi connectivity index (χ3v) is 2.62. The maximum atomic E-state index is 5.50. The number of nitrogens with two attached hydrogens (primary N) is 1. The molecule has 1 rings (SSSR count). The van der Waals surface area contributed by atoms with Gasteiger partial charge < -0.3 is 5.73 Å². The smallest absolute Gasteiger partial charge is 0.00746 e. The summed E-state index contributed by atoms with van der Waals surface area (Å²) in [5.74, 6) is 1.92. The molecule has 1 aliphatic rings. The third kappa shape index (κ3) is 2.30. The Morgan fingerprint density at radius 2 is 2.20 bits per heavy atom. The first-order chi connectivity index (χ1) is 4.83. The zero-order valence-corrected chi connectivity index (χ0v) is 6.97. The third-order valence-electron chi connectivity index (χ3n) is 2.62. The molecule has 1 saturated carbocycles. The van der Waals surface area contributed by atoms with Crippen molar-refractivity contribution < 1.29 is 0 Å². The van der Waals surface area contributed by atoms with Gasteiger partial charge in [0.25, 0.3) is 0 Å². The lowest BCUT2D eigenvalue weighted by molar-refractivity contribution is 0.272. The van der Waals surface area contributed by atoms with E-state index < -0.39 is 0 Å². The van der Waals surface area contributed by atoms with E-state index in [1.54, 1.807) is 0 Å². The molecule has 0 unspecified atom stereocenters. The van der Waals surface area contributed by atoms with Crippen LogP contribution in [-0.2, 0) is 0 Å². The van der Waals surface area contributed by atoms with Crippen molar-refractivity contribution >= 4 is 0 Å². The topological polar surface area (TPSA) is 26.0 Å². The van der Waals surface area contributed by atoms with E-state index in [1.165, 1.54) is 32.1 Å². The summed E-state index contributed by atoms with van der Waals surface area (Å²) in [7, 11) is 0. The fraction of sp³-hybridized carbons (Fsp3) is 1.00. The second kappa shape index (κ2) is 3.97. The molecule has 0 aromatic carbocycles. The lowest BCUT2D eigenvalue weighted by Gasteiger charge is -2.25. The molecule has 0 bridgehead atoms. The highest BCUT2D eigenvalue weighted by atomic mass is 14.5. The molecule has 2 N–H and O–H groups in total. The van der Waals surface area contributed by atoms with Gasteiger partial charge in [-0.15, -0.1) is 0 Å². The summed E-state index contributed by atoms with van der Waals surface area (Å²) in [6.07, 6.45) is 7.00. The molecule has 1 fully saturated rings. The average molecular weight is 141 g/mol. The Kier molecular flexibility index (Phi) is 3.20. The summed E-state index contributed by atoms with van der Waals surface area (Å²) in [5.41, 5.74) is 5.50. The highest BCUT2D eigenvalue weighted by Crippen LogP contribution is 2.29. The molecule has 1 aliphatic carbocycles. The van der Waals surface area contributed by atoms with Gasteiger partial charge in [0.1, 0.15) is 0 Å². The van der Waals surface area contributed by atoms with Crippen LogP contribution in [0.1, 0.15) is 39.0 Å². The van der Waals surface area contributed by atoms with Gasteiger partial charge in [0.2, 0.25) is 0 Å². The highest BCUT2D eigenvalue weighted by Gasteiger charge is 2.17. The van der Waals surface area contributed by atoms with Crippen LogP contribution in [0.2, 0.25) is 0 Å². The Labute approximate surface area is 64.0 Å². The van der Waals surface area contributed by atoms with E-state index in [4.69, 9.17) is 5.73 Å². The predicted octanol–water partition coefficient (Wildman–Crippen LogP) is 2.16. The molecular formula is C9H19N. The zero-order chi connectivity index (χ0) is 7.40. The molecule has 0 aromatic rings. The molecule has 10 heavy (non-hydrogen) atoms. The van der Waals surface area contributed by atoms with Crippen molar-refractivity contribution in [3.63, 3.8) is 0 Å². The summed E-state index contributed by atoms with van der Waals surface area (Å²) in [6, 6.07) is 0. The molecule has 0 saturated heterocycles. The molecule has 2 atom stereocenters. The Bertz CT molecular complexity index is 88.7. The van der Waals surface area contributed by atoms with Crippen molar-refractivity contribution in [3.05, 3.63) is 0 Å². The fourth-order valence-electron chi connectivity index (χ4n) is 2.06. The van der Waals surface area contributed by atoms with Crippen molar-refractivity contribution in [2.75, 3.05) is 6.54 Å². The summed E-state index contributed by atoms with van der Waals surface area (Å²) in [5, 5.41) is 0. The van der Waals surface area contributed by atoms with Gasteiger partial charge in [-0.3, -0.25) is 0 Å². The van der Waals surface area contributed by atoms with Crippen LogP contribution in [0.3, 0.4) is 0 Å². The van der Waals surface area contributed by atoms with E-state index in [1.807, 2.05) is 0 Å². The molecule has 1 nitrogen and oxygen atoms in total. The van der Waals surface area contributed by atoms with E-state index in [0.717, 1.165) is 18.4 Å². The van der Waals surface area contributed by atoms with E-state index in [2.05, 4.69) is 6.92 Å². The summed E-state index contributed by atoms with van der Waals surface area (Å²) in [4.78, 5) is 0. The van der Waals surface area contributed by atoms with Gasteiger partial charge in [-0.25, -0.2) is 0 Å². The number of hydrogen-bond acceptors (Lipinski definition) is 1. The Morgan fingerprint density at radius 1 is 1.40 bits per heavy atom. The molecule has 1 heteroatoms. The Hall–Kier alpha value is -0.0400. The van der Waals surface area contributed by atoms with Gasteiger partial charge in [-0.2, -0.15) is 0 Å². The van der Waals surface area contributed by atoms with Crippen molar-refractivity contribution in [2.45, 2.75) is 39.0 Å². The second-order valence-electron chi connectivity index (χ2n) is 3.72. The van der Waals surface area contributed by atoms with Crippen molar-refractivity contribution in [1.82, 2.24) is 0 Å². The van der Waals surface area contributed by atoms with Crippen molar-refractivity contribution in [2.24, 2.45) is 17.6 Å². The van der Waals surface area contributed by atoms with Crippen LogP contribution in [0.4, 0.5) is 0 Å². The highest BCUT2D eigenvalue weighted by molar-refractivity contribution is 4.70. The Balaban J connectivity index is 2.18. The van der Waals surface area contributed by atoms with Gasteiger partial charge in [-0.05, 0) is 31.2 Å². The minimum absolute atomic E-state index is 0.886. The van der Waals surface area contributed by atoms with Gasteiger partial charge >= 0.3 is 0 Å². The first kappa shape index (κ1) is 8.06. The van der Waals surface area contributed by atoms with Crippen LogP contribution < -0.4 is 5.73 Å². The number of hydrogen-bond donors (Lipinski definition) is 1. The first-order valence-corrected chi connectivity index (χ1v) is 4.53. The maximum Gasteiger partial charge on any atom is -0.00746 e. The molecule has 0 heterocycles. The molecule has 0 radical (unpaired) electrons. The molecule has 60 valence electrons. The predicted molar refractivity (Wildman–Crippen MR) is 44.8 cm³/mol. The van der Waals surface area contributed by atoms with Crippen LogP contribution in [0, 0.1) is 11.8 Å². The molecular weight excluding hydrogens is 122 g/mol. The quantitative estimate of drug-likeness (QED) is 0.626. The fourth-order valence-corrected chi connectivity index (χ4v) is 2.06. The normalized spacial score (nSPS) is 34.2. The summed E-state index contributed by atoms with van der Waals surface area (Å²) >= 11 is 0. The van der Waals surface area contributed by atoms with Gasteiger partial charge in [0.05, 0.1) is 0 Å². The van der Waals surface area contributed by atoms with Crippen LogP contribution in [0.25, 0.3) is 0 Å².